The van der Waals surface area contributed by atoms with E-state index in [1.54, 1.807) is 41.9 Å². The van der Waals surface area contributed by atoms with Gasteiger partial charge in [0, 0.05) is 7.05 Å². The van der Waals surface area contributed by atoms with Crippen LogP contribution in [0.4, 0.5) is 0 Å². The van der Waals surface area contributed by atoms with Crippen molar-refractivity contribution in [1.82, 2.24) is 14.8 Å². The van der Waals surface area contributed by atoms with E-state index < -0.39 is 9.84 Å². The van der Waals surface area contributed by atoms with E-state index >= 15 is 0 Å². The lowest BCUT2D eigenvalue weighted by molar-refractivity contribution is 0.591. The zero-order chi connectivity index (χ0) is 13.9. The van der Waals surface area contributed by atoms with Crippen molar-refractivity contribution in [2.24, 2.45) is 7.05 Å². The number of nitrogens with zero attached hydrogens (tertiary/aromatic N) is 3. The van der Waals surface area contributed by atoms with Crippen LogP contribution in [0, 0.1) is 0 Å². The van der Waals surface area contributed by atoms with Gasteiger partial charge in [-0.3, -0.25) is 0 Å². The quantitative estimate of drug-likeness (QED) is 0.789. The van der Waals surface area contributed by atoms with E-state index in [0.717, 1.165) is 10.9 Å². The Morgan fingerprint density at radius 2 is 1.89 bits per heavy atom. The predicted octanol–water partition coefficient (Wildman–Crippen LogP) is 1.90. The predicted molar refractivity (Wildman–Crippen MR) is 74.7 cm³/mol. The summed E-state index contributed by atoms with van der Waals surface area (Å²) < 4.78 is 26.2. The van der Waals surface area contributed by atoms with Gasteiger partial charge in [0.1, 0.15) is 11.6 Å². The highest BCUT2D eigenvalue weighted by molar-refractivity contribution is 7.99. The van der Waals surface area contributed by atoms with Crippen molar-refractivity contribution in [3.8, 4) is 0 Å². The number of sulfone groups is 1. The fraction of sp³-hybridized carbons (Fsp3) is 0.333. The molecule has 0 fully saturated rings. The minimum absolute atomic E-state index is 0.134. The van der Waals surface area contributed by atoms with Crippen LogP contribution < -0.4 is 0 Å². The summed E-state index contributed by atoms with van der Waals surface area (Å²) >= 11 is 1.54. The molecule has 5 nitrogen and oxygen atoms in total. The lowest BCUT2D eigenvalue weighted by Crippen LogP contribution is -2.09. The van der Waals surface area contributed by atoms with E-state index in [-0.39, 0.29) is 5.75 Å². The largest absolute Gasteiger partial charge is 0.308 e. The van der Waals surface area contributed by atoms with Crippen LogP contribution in [0.2, 0.25) is 0 Å². The molecule has 1 aromatic heterocycles. The van der Waals surface area contributed by atoms with E-state index in [1.807, 2.05) is 6.92 Å². The van der Waals surface area contributed by atoms with Crippen LogP contribution in [0.15, 0.2) is 40.4 Å². The molecule has 0 aliphatic heterocycles. The van der Waals surface area contributed by atoms with Crippen molar-refractivity contribution in [2.45, 2.75) is 22.7 Å². The maximum Gasteiger partial charge on any atom is 0.190 e. The molecule has 0 saturated carbocycles. The first-order valence-electron chi connectivity index (χ1n) is 5.83. The smallest absolute Gasteiger partial charge is 0.190 e. The van der Waals surface area contributed by atoms with Gasteiger partial charge in [0.25, 0.3) is 0 Å². The summed E-state index contributed by atoms with van der Waals surface area (Å²) in [5.74, 6) is 1.20. The Labute approximate surface area is 117 Å². The van der Waals surface area contributed by atoms with E-state index in [1.165, 1.54) is 11.8 Å². The van der Waals surface area contributed by atoms with Gasteiger partial charge in [-0.2, -0.15) is 0 Å². The summed E-state index contributed by atoms with van der Waals surface area (Å²) in [5.41, 5.74) is 0. The number of rotatable bonds is 5. The van der Waals surface area contributed by atoms with Gasteiger partial charge in [-0.25, -0.2) is 8.42 Å². The number of benzene rings is 1. The van der Waals surface area contributed by atoms with Gasteiger partial charge in [0.2, 0.25) is 0 Å². The maximum atomic E-state index is 12.2. The molecule has 19 heavy (non-hydrogen) atoms. The van der Waals surface area contributed by atoms with Crippen molar-refractivity contribution in [3.63, 3.8) is 0 Å². The van der Waals surface area contributed by atoms with Gasteiger partial charge in [-0.1, -0.05) is 36.9 Å². The lowest BCUT2D eigenvalue weighted by atomic mass is 10.4. The summed E-state index contributed by atoms with van der Waals surface area (Å²) in [5, 5.41) is 8.69. The Kier molecular flexibility index (Phi) is 4.26. The molecule has 7 heteroatoms. The SMILES string of the molecule is CCSc1nnc(CS(=O)(=O)c2ccccc2)n1C. The third kappa shape index (κ3) is 3.16. The second kappa shape index (κ2) is 5.75. The van der Waals surface area contributed by atoms with Gasteiger partial charge >= 0.3 is 0 Å². The Hall–Kier alpha value is -1.34. The molecule has 0 atom stereocenters. The van der Waals surface area contributed by atoms with Crippen molar-refractivity contribution < 1.29 is 8.42 Å². The molecule has 0 aliphatic carbocycles. The Balaban J connectivity index is 2.26. The molecule has 2 rings (SSSR count). The van der Waals surface area contributed by atoms with Crippen molar-refractivity contribution >= 4 is 21.6 Å². The fourth-order valence-corrected chi connectivity index (χ4v) is 3.59. The van der Waals surface area contributed by atoms with E-state index in [2.05, 4.69) is 10.2 Å². The number of aromatic nitrogens is 3. The van der Waals surface area contributed by atoms with Crippen LogP contribution >= 0.6 is 11.8 Å². The van der Waals surface area contributed by atoms with E-state index in [9.17, 15) is 8.42 Å². The highest BCUT2D eigenvalue weighted by Gasteiger charge is 2.19. The third-order valence-corrected chi connectivity index (χ3v) is 5.15. The van der Waals surface area contributed by atoms with Gasteiger partial charge in [0.05, 0.1) is 4.90 Å². The Morgan fingerprint density at radius 1 is 1.21 bits per heavy atom. The first kappa shape index (κ1) is 14.1. The monoisotopic (exact) mass is 297 g/mol. The molecule has 102 valence electrons. The van der Waals surface area contributed by atoms with Crippen molar-refractivity contribution in [2.75, 3.05) is 5.75 Å². The summed E-state index contributed by atoms with van der Waals surface area (Å²) in [7, 11) is -1.58. The number of thioether (sulfide) groups is 1. The normalized spacial score (nSPS) is 11.7. The highest BCUT2D eigenvalue weighted by atomic mass is 32.2. The Morgan fingerprint density at radius 3 is 2.53 bits per heavy atom. The van der Waals surface area contributed by atoms with Crippen LogP contribution in [-0.4, -0.2) is 28.9 Å². The summed E-state index contributed by atoms with van der Waals surface area (Å²) in [4.78, 5) is 0.308. The molecule has 1 aromatic carbocycles. The topological polar surface area (TPSA) is 64.8 Å². The zero-order valence-electron chi connectivity index (χ0n) is 10.8. The molecular formula is C12H15N3O2S2. The maximum absolute atomic E-state index is 12.2. The van der Waals surface area contributed by atoms with Crippen LogP contribution in [0.5, 0.6) is 0 Å². The molecule has 0 aliphatic rings. The minimum atomic E-state index is -3.37. The standard InChI is InChI=1S/C12H15N3O2S2/c1-3-18-12-14-13-11(15(12)2)9-19(16,17)10-7-5-4-6-8-10/h4-8H,3,9H2,1-2H3. The van der Waals surface area contributed by atoms with Gasteiger partial charge in [-0.15, -0.1) is 10.2 Å². The van der Waals surface area contributed by atoms with Crippen LogP contribution in [0.25, 0.3) is 0 Å². The average molecular weight is 297 g/mol. The molecule has 0 radical (unpaired) electrons. The molecule has 0 unspecified atom stereocenters. The highest BCUT2D eigenvalue weighted by Crippen LogP contribution is 2.19. The molecule has 0 saturated heterocycles. The minimum Gasteiger partial charge on any atom is -0.308 e. The number of hydrogen-bond donors (Lipinski definition) is 0. The first-order valence-corrected chi connectivity index (χ1v) is 8.47. The first-order chi connectivity index (χ1) is 9.04. The summed E-state index contributed by atoms with van der Waals surface area (Å²) in [6.07, 6.45) is 0. The molecule has 0 spiro atoms. The van der Waals surface area contributed by atoms with Crippen molar-refractivity contribution in [1.29, 1.82) is 0 Å². The van der Waals surface area contributed by atoms with Gasteiger partial charge in [-0.05, 0) is 17.9 Å². The third-order valence-electron chi connectivity index (χ3n) is 2.62. The molecule has 0 N–H and O–H groups in total. The average Bonchev–Trinajstić information content (AvgIpc) is 2.73. The summed E-state index contributed by atoms with van der Waals surface area (Å²) in [6, 6.07) is 8.39. The van der Waals surface area contributed by atoms with Gasteiger partial charge in [0.15, 0.2) is 15.0 Å². The van der Waals surface area contributed by atoms with E-state index in [4.69, 9.17) is 0 Å². The molecule has 2 aromatic rings. The van der Waals surface area contributed by atoms with Crippen LogP contribution in [0.1, 0.15) is 12.7 Å². The Bertz CT molecular complexity index is 651. The molecule has 0 bridgehead atoms. The molecule has 1 heterocycles. The second-order valence-electron chi connectivity index (χ2n) is 3.96. The van der Waals surface area contributed by atoms with Crippen LogP contribution in [0.3, 0.4) is 0 Å². The lowest BCUT2D eigenvalue weighted by Gasteiger charge is -2.04. The number of hydrogen-bond acceptors (Lipinski definition) is 5. The van der Waals surface area contributed by atoms with E-state index in [0.29, 0.717) is 10.7 Å². The molecule has 0 amide bonds. The molecular weight excluding hydrogens is 282 g/mol. The van der Waals surface area contributed by atoms with Crippen molar-refractivity contribution in [3.05, 3.63) is 36.2 Å². The second-order valence-corrected chi connectivity index (χ2v) is 7.18. The fourth-order valence-electron chi connectivity index (χ4n) is 1.61. The zero-order valence-corrected chi connectivity index (χ0v) is 12.4. The summed E-state index contributed by atoms with van der Waals surface area (Å²) in [6.45, 7) is 2.01. The van der Waals surface area contributed by atoms with Crippen LogP contribution in [-0.2, 0) is 22.6 Å². The van der Waals surface area contributed by atoms with Gasteiger partial charge < -0.3 is 4.57 Å².